The van der Waals surface area contributed by atoms with Crippen LogP contribution >= 0.6 is 0 Å². The standard InChI is InChI=1S/C14H17N3O2/c1-4-19-14(18)13-15-12(16-17-13)11-7-5-10(6-8-11)9(2)3/h5-9H,4H2,1-3H3,(H,15,16,17). The molecule has 0 spiro atoms. The van der Waals surface area contributed by atoms with E-state index in [2.05, 4.69) is 29.0 Å². The molecule has 1 N–H and O–H groups in total. The van der Waals surface area contributed by atoms with E-state index in [0.717, 1.165) is 5.56 Å². The minimum Gasteiger partial charge on any atom is -0.460 e. The van der Waals surface area contributed by atoms with Crippen LogP contribution in [0.15, 0.2) is 24.3 Å². The molecule has 0 unspecified atom stereocenters. The maximum Gasteiger partial charge on any atom is 0.375 e. The minimum atomic E-state index is -0.486. The van der Waals surface area contributed by atoms with Crippen LogP contribution in [0.1, 0.15) is 42.9 Å². The van der Waals surface area contributed by atoms with E-state index >= 15 is 0 Å². The largest absolute Gasteiger partial charge is 0.460 e. The van der Waals surface area contributed by atoms with E-state index < -0.39 is 5.97 Å². The maximum absolute atomic E-state index is 11.5. The normalized spacial score (nSPS) is 10.7. The second-order valence-electron chi connectivity index (χ2n) is 4.50. The van der Waals surface area contributed by atoms with Gasteiger partial charge in [0.1, 0.15) is 0 Å². The maximum atomic E-state index is 11.5. The van der Waals surface area contributed by atoms with Gasteiger partial charge in [-0.1, -0.05) is 38.1 Å². The Balaban J connectivity index is 2.20. The van der Waals surface area contributed by atoms with Crippen molar-refractivity contribution in [1.82, 2.24) is 15.2 Å². The molecule has 100 valence electrons. The lowest BCUT2D eigenvalue weighted by Gasteiger charge is -2.04. The fraction of sp³-hybridized carbons (Fsp3) is 0.357. The third-order valence-electron chi connectivity index (χ3n) is 2.79. The molecule has 1 aromatic carbocycles. The van der Waals surface area contributed by atoms with Crippen LogP contribution in [0.25, 0.3) is 11.4 Å². The first-order chi connectivity index (χ1) is 9.11. The summed E-state index contributed by atoms with van der Waals surface area (Å²) < 4.78 is 4.86. The fourth-order valence-corrected chi connectivity index (χ4v) is 1.70. The average molecular weight is 259 g/mol. The summed E-state index contributed by atoms with van der Waals surface area (Å²) in [5, 5.41) is 6.62. The first-order valence-electron chi connectivity index (χ1n) is 6.31. The van der Waals surface area contributed by atoms with Crippen molar-refractivity contribution in [3.63, 3.8) is 0 Å². The van der Waals surface area contributed by atoms with Gasteiger partial charge in [-0.3, -0.25) is 5.10 Å². The van der Waals surface area contributed by atoms with Gasteiger partial charge < -0.3 is 4.74 Å². The summed E-state index contributed by atoms with van der Waals surface area (Å²) in [7, 11) is 0. The number of hydrogen-bond acceptors (Lipinski definition) is 4. The Morgan fingerprint density at radius 3 is 2.58 bits per heavy atom. The number of esters is 1. The summed E-state index contributed by atoms with van der Waals surface area (Å²) in [4.78, 5) is 15.6. The number of H-pyrrole nitrogens is 1. The zero-order valence-electron chi connectivity index (χ0n) is 11.3. The molecule has 0 saturated carbocycles. The zero-order valence-corrected chi connectivity index (χ0v) is 11.3. The predicted molar refractivity (Wildman–Crippen MR) is 71.9 cm³/mol. The summed E-state index contributed by atoms with van der Waals surface area (Å²) >= 11 is 0. The Morgan fingerprint density at radius 1 is 1.32 bits per heavy atom. The lowest BCUT2D eigenvalue weighted by atomic mass is 10.0. The Bertz CT molecular complexity index is 558. The Hall–Kier alpha value is -2.17. The third kappa shape index (κ3) is 2.99. The number of nitrogens with one attached hydrogen (secondary N) is 1. The number of hydrogen-bond donors (Lipinski definition) is 1. The number of rotatable bonds is 4. The summed E-state index contributed by atoms with van der Waals surface area (Å²) in [6.07, 6.45) is 0. The van der Waals surface area contributed by atoms with E-state index in [1.54, 1.807) is 6.92 Å². The Kier molecular flexibility index (Phi) is 3.94. The van der Waals surface area contributed by atoms with Gasteiger partial charge in [-0.25, -0.2) is 9.78 Å². The predicted octanol–water partition coefficient (Wildman–Crippen LogP) is 2.77. The summed E-state index contributed by atoms with van der Waals surface area (Å²) in [5.74, 6) is 0.625. The molecule has 0 aliphatic heterocycles. The molecule has 1 aromatic heterocycles. The molecule has 1 heterocycles. The second kappa shape index (κ2) is 5.65. The van der Waals surface area contributed by atoms with Crippen molar-refractivity contribution in [3.8, 4) is 11.4 Å². The SMILES string of the molecule is CCOC(=O)c1nc(-c2ccc(C(C)C)cc2)n[nH]1. The zero-order chi connectivity index (χ0) is 13.8. The van der Waals surface area contributed by atoms with Gasteiger partial charge in [0.05, 0.1) is 6.61 Å². The Morgan fingerprint density at radius 2 is 2.00 bits per heavy atom. The molecule has 0 bridgehead atoms. The topological polar surface area (TPSA) is 67.9 Å². The molecule has 19 heavy (non-hydrogen) atoms. The van der Waals surface area contributed by atoms with Gasteiger partial charge in [-0.15, -0.1) is 0 Å². The van der Waals surface area contributed by atoms with E-state index in [0.29, 0.717) is 18.3 Å². The van der Waals surface area contributed by atoms with Gasteiger partial charge >= 0.3 is 5.97 Å². The van der Waals surface area contributed by atoms with Crippen molar-refractivity contribution in [1.29, 1.82) is 0 Å². The van der Waals surface area contributed by atoms with Crippen LogP contribution in [0.3, 0.4) is 0 Å². The summed E-state index contributed by atoms with van der Waals surface area (Å²) in [6.45, 7) is 6.35. The number of ether oxygens (including phenoxy) is 1. The lowest BCUT2D eigenvalue weighted by Crippen LogP contribution is -2.06. The second-order valence-corrected chi connectivity index (χ2v) is 4.50. The molecule has 5 nitrogen and oxygen atoms in total. The highest BCUT2D eigenvalue weighted by molar-refractivity contribution is 5.85. The van der Waals surface area contributed by atoms with Gasteiger partial charge in [-0.2, -0.15) is 5.10 Å². The molecule has 0 aliphatic carbocycles. The van der Waals surface area contributed by atoms with Crippen LogP contribution in [0, 0.1) is 0 Å². The average Bonchev–Trinajstić information content (AvgIpc) is 2.89. The van der Waals surface area contributed by atoms with Crippen molar-refractivity contribution in [2.45, 2.75) is 26.7 Å². The lowest BCUT2D eigenvalue weighted by molar-refractivity contribution is 0.0512. The molecule has 5 heteroatoms. The van der Waals surface area contributed by atoms with Gasteiger partial charge in [0.2, 0.25) is 5.82 Å². The van der Waals surface area contributed by atoms with E-state index in [-0.39, 0.29) is 5.82 Å². The van der Waals surface area contributed by atoms with Gasteiger partial charge in [0.15, 0.2) is 5.82 Å². The molecular weight excluding hydrogens is 242 g/mol. The monoisotopic (exact) mass is 259 g/mol. The quantitative estimate of drug-likeness (QED) is 0.857. The van der Waals surface area contributed by atoms with Crippen molar-refractivity contribution in [3.05, 3.63) is 35.7 Å². The highest BCUT2D eigenvalue weighted by Gasteiger charge is 2.13. The first-order valence-corrected chi connectivity index (χ1v) is 6.31. The highest BCUT2D eigenvalue weighted by Crippen LogP contribution is 2.19. The van der Waals surface area contributed by atoms with Crippen molar-refractivity contribution < 1.29 is 9.53 Å². The summed E-state index contributed by atoms with van der Waals surface area (Å²) in [5.41, 5.74) is 2.13. The van der Waals surface area contributed by atoms with Crippen LogP contribution in [0.4, 0.5) is 0 Å². The Labute approximate surface area is 112 Å². The van der Waals surface area contributed by atoms with Crippen LogP contribution in [-0.2, 0) is 4.74 Å². The number of carbonyl (C=O) groups is 1. The van der Waals surface area contributed by atoms with Crippen molar-refractivity contribution >= 4 is 5.97 Å². The van der Waals surface area contributed by atoms with Crippen molar-refractivity contribution in [2.75, 3.05) is 6.61 Å². The van der Waals surface area contributed by atoms with Crippen molar-refractivity contribution in [2.24, 2.45) is 0 Å². The molecule has 0 aliphatic rings. The van der Waals surface area contributed by atoms with Gasteiger partial charge in [-0.05, 0) is 18.4 Å². The van der Waals surface area contributed by atoms with E-state index in [4.69, 9.17) is 4.74 Å². The molecule has 0 atom stereocenters. The molecule has 0 radical (unpaired) electrons. The number of nitrogens with zero attached hydrogens (tertiary/aromatic N) is 2. The van der Waals surface area contributed by atoms with E-state index in [1.807, 2.05) is 24.3 Å². The van der Waals surface area contributed by atoms with E-state index in [1.165, 1.54) is 5.56 Å². The first kappa shape index (κ1) is 13.3. The molecule has 0 saturated heterocycles. The molecule has 2 rings (SSSR count). The molecule has 2 aromatic rings. The molecular formula is C14H17N3O2. The smallest absolute Gasteiger partial charge is 0.375 e. The third-order valence-corrected chi connectivity index (χ3v) is 2.79. The number of aromatic amines is 1. The van der Waals surface area contributed by atoms with Crippen LogP contribution in [0.5, 0.6) is 0 Å². The number of benzene rings is 1. The van der Waals surface area contributed by atoms with E-state index in [9.17, 15) is 4.79 Å². The summed E-state index contributed by atoms with van der Waals surface area (Å²) in [6, 6.07) is 7.99. The van der Waals surface area contributed by atoms with Crippen LogP contribution in [0.2, 0.25) is 0 Å². The fourth-order valence-electron chi connectivity index (χ4n) is 1.70. The number of aromatic nitrogens is 3. The van der Waals surface area contributed by atoms with Gasteiger partial charge in [0, 0.05) is 5.56 Å². The highest BCUT2D eigenvalue weighted by atomic mass is 16.5. The van der Waals surface area contributed by atoms with Gasteiger partial charge in [0.25, 0.3) is 0 Å². The van der Waals surface area contributed by atoms with Crippen LogP contribution in [-0.4, -0.2) is 27.8 Å². The molecule has 0 fully saturated rings. The minimum absolute atomic E-state index is 0.129. The van der Waals surface area contributed by atoms with Crippen LogP contribution < -0.4 is 0 Å². The number of carbonyl (C=O) groups excluding carboxylic acids is 1. The molecule has 0 amide bonds.